The molecule has 9 aromatic carbocycles. The van der Waals surface area contributed by atoms with Crippen molar-refractivity contribution < 1.29 is 33.5 Å². The molecule has 0 aliphatic carbocycles. The number of carbonyl (C=O) groups is 6. The van der Waals surface area contributed by atoms with Crippen molar-refractivity contribution in [1.82, 2.24) is 59.6 Å². The maximum absolute atomic E-state index is 13.1. The molecule has 0 radical (unpaired) electrons. The van der Waals surface area contributed by atoms with Gasteiger partial charge in [0, 0.05) is 212 Å². The van der Waals surface area contributed by atoms with Crippen molar-refractivity contribution in [3.63, 3.8) is 0 Å². The maximum Gasteiger partial charge on any atom is 0.415 e. The van der Waals surface area contributed by atoms with Gasteiger partial charge in [-0.1, -0.05) is 165 Å². The normalized spacial score (nSPS) is 14.6. The van der Waals surface area contributed by atoms with E-state index in [4.69, 9.17) is 27.7 Å². The highest BCUT2D eigenvalue weighted by Gasteiger charge is 2.38. The molecule has 0 spiro atoms. The number of nitrogen functional groups attached to an aromatic ring is 4. The fraction of sp³-hybridized carbons (Fsp3) is 0.256. The third-order valence-electron chi connectivity index (χ3n) is 29.0. The Hall–Kier alpha value is -15.9. The molecule has 25 nitrogen and oxygen atoms in total. The molecule has 4 fully saturated rings. The highest BCUT2D eigenvalue weighted by Crippen LogP contribution is 2.41. The van der Waals surface area contributed by atoms with Crippen LogP contribution in [0, 0.1) is 11.3 Å². The minimum absolute atomic E-state index is 0.0160. The molecule has 8 aromatic heterocycles. The van der Waals surface area contributed by atoms with Gasteiger partial charge in [0.05, 0.1) is 28.7 Å². The number of carbonyl (C=O) groups excluding carboxylic acids is 6. The SMILES string of the molecule is CC1(Cc2ncc(C(=O)Cc3cc(-c4cccs4)ccc3N)cn2)CCN(C(=O)Oc2ccccc2)CC1.CN(c1ncc(C(=O)Cc2cc(-c3ccccc3)ccc2N)cn1)C1CCN(C(=O)Cc2c[nH]c3ccccc23)CC1.CN1CCC(Cc2ncc(C(=O)Cc3cc(-c4cccs4)ccc3N)cn2)(c2ccccc2)CC1.Nc1ccc(-c2cccs2)cc1CC(=O)c1cnc(CC2CCN(c3ccccc3)CC2)nc1. The van der Waals surface area contributed by atoms with Crippen LogP contribution in [0.1, 0.15) is 151 Å². The van der Waals surface area contributed by atoms with Crippen molar-refractivity contribution in [3.05, 3.63) is 400 Å². The number of H-pyrrole nitrogens is 1. The van der Waals surface area contributed by atoms with E-state index < -0.39 is 0 Å². The Labute approximate surface area is 881 Å². The summed E-state index contributed by atoms with van der Waals surface area (Å²) in [7, 11) is 4.15. The molecular formula is C121H122N18O7S3. The number of amides is 2. The molecule has 149 heavy (non-hydrogen) atoms. The number of Topliss-reactive ketones (excluding diaryl/α,β-unsaturated/α-hetero) is 4. The molecule has 28 heteroatoms. The lowest BCUT2D eigenvalue weighted by molar-refractivity contribution is -0.131. The van der Waals surface area contributed by atoms with Crippen LogP contribution < -0.4 is 37.5 Å². The summed E-state index contributed by atoms with van der Waals surface area (Å²) in [4.78, 5) is 131. The zero-order valence-corrected chi connectivity index (χ0v) is 86.5. The van der Waals surface area contributed by atoms with Crippen LogP contribution in [0.5, 0.6) is 5.75 Å². The minimum Gasteiger partial charge on any atom is -0.410 e. The number of aromatic amines is 1. The first kappa shape index (κ1) is 103. The largest absolute Gasteiger partial charge is 0.415 e. The minimum atomic E-state index is -0.320. The Morgan fingerprint density at radius 2 is 0.819 bits per heavy atom. The molecule has 21 rings (SSSR count). The monoisotopic (exact) mass is 2030 g/mol. The van der Waals surface area contributed by atoms with Crippen LogP contribution in [-0.4, -0.2) is 167 Å². The fourth-order valence-electron chi connectivity index (χ4n) is 19.8. The number of benzene rings is 9. The number of fused-ring (bicyclic) bond motifs is 1. The lowest BCUT2D eigenvalue weighted by Gasteiger charge is -2.41. The predicted molar refractivity (Wildman–Crippen MR) is 598 cm³/mol. The Balaban J connectivity index is 0.000000130. The predicted octanol–water partition coefficient (Wildman–Crippen LogP) is 22.4. The summed E-state index contributed by atoms with van der Waals surface area (Å²) in [5, 5.41) is 7.22. The second kappa shape index (κ2) is 48.6. The average Bonchev–Trinajstić information content (AvgIpc) is 1.38. The summed E-state index contributed by atoms with van der Waals surface area (Å²) in [5.74, 6) is 3.95. The van der Waals surface area contributed by atoms with E-state index in [1.165, 1.54) is 11.3 Å². The van der Waals surface area contributed by atoms with E-state index in [-0.39, 0.29) is 77.7 Å². The molecule has 0 atom stereocenters. The molecule has 0 bridgehead atoms. The van der Waals surface area contributed by atoms with Gasteiger partial charge in [-0.25, -0.2) is 44.7 Å². The van der Waals surface area contributed by atoms with Crippen LogP contribution in [0.3, 0.4) is 0 Å². The standard InChI is InChI=1S/C34H34N6O2.C30H30N4O3S.C29H30N4OS.C28H28N4OS/c1-39(28-13-15-40(16-14-28)33(42)19-26-20-36-31-10-6-5-9-29(26)31)34-37-21-27(22-38-34)32(41)18-25-17-24(11-12-30(25)35)23-7-3-2-4-8-23;1-30(11-13-34(14-12-30)29(36)37-24-6-3-2-4-7-24)18-28-32-19-23(20-33-28)26(35)17-22-16-21(9-10-25(22)31)27-8-5-15-38-27;1-33-13-11-29(12-14-33,24-6-3-2-4-7-24)18-28-31-19-23(20-32-28)26(34)17-22-16-21(9-10-25(22)30)27-8-5-15-35-27;29-25-9-8-21(27-7-4-14-34-27)16-22(25)17-26(33)23-18-30-28(31-19-23)15-20-10-12-32(13-11-20)24-5-2-1-3-6-24/h2-12,17,20-22,28,36H,13-16,18-19,35H2,1H3;2-10,15-16,19-20H,11-14,17-18,31H2,1H3;2-10,15-16,19-20H,11-14,17-18,30H2,1H3;1-9,14,16,18-20H,10-13,15,17,29H2. The van der Waals surface area contributed by atoms with E-state index in [1.807, 2.05) is 198 Å². The molecule has 4 aliphatic heterocycles. The van der Waals surface area contributed by atoms with Gasteiger partial charge in [-0.2, -0.15) is 0 Å². The molecule has 4 saturated heterocycles. The first-order valence-electron chi connectivity index (χ1n) is 50.7. The summed E-state index contributed by atoms with van der Waals surface area (Å²) in [5.41, 5.74) is 42.4. The van der Waals surface area contributed by atoms with Crippen LogP contribution in [0.15, 0.2) is 327 Å². The lowest BCUT2D eigenvalue weighted by Crippen LogP contribution is -2.46. The lowest BCUT2D eigenvalue weighted by atomic mass is 9.70. The van der Waals surface area contributed by atoms with Gasteiger partial charge in [0.1, 0.15) is 23.2 Å². The maximum atomic E-state index is 13.1. The number of nitrogens with two attached hydrogens (primary N) is 4. The number of rotatable bonds is 29. The van der Waals surface area contributed by atoms with E-state index in [0.29, 0.717) is 107 Å². The number of aromatic nitrogens is 9. The topological polar surface area (TPSA) is 351 Å². The summed E-state index contributed by atoms with van der Waals surface area (Å²) < 4.78 is 5.47. The van der Waals surface area contributed by atoms with Crippen LogP contribution in [0.25, 0.3) is 53.4 Å². The average molecular weight is 2040 g/mol. The Morgan fingerprint density at radius 3 is 1.29 bits per heavy atom. The number of ketones is 4. The number of hydrogen-bond acceptors (Lipinski definition) is 25. The highest BCUT2D eigenvalue weighted by molar-refractivity contribution is 7.14. The van der Waals surface area contributed by atoms with Crippen molar-refractivity contribution in [3.8, 4) is 48.2 Å². The first-order valence-corrected chi connectivity index (χ1v) is 53.4. The number of likely N-dealkylation sites (tertiary alicyclic amines) is 3. The van der Waals surface area contributed by atoms with Crippen molar-refractivity contribution in [2.24, 2.45) is 11.3 Å². The van der Waals surface area contributed by atoms with E-state index in [1.54, 1.807) is 101 Å². The third kappa shape index (κ3) is 26.8. The molecule has 4 aliphatic rings. The Kier molecular flexibility index (Phi) is 33.7. The van der Waals surface area contributed by atoms with Crippen LogP contribution >= 0.6 is 34.0 Å². The van der Waals surface area contributed by atoms with Crippen LogP contribution in [-0.2, 0) is 61.6 Å². The van der Waals surface area contributed by atoms with Gasteiger partial charge in [0.2, 0.25) is 11.9 Å². The van der Waals surface area contributed by atoms with E-state index in [2.05, 4.69) is 152 Å². The number of para-hydroxylation sites is 3. The van der Waals surface area contributed by atoms with E-state index in [0.717, 1.165) is 183 Å². The number of nitrogens with zero attached hydrogens (tertiary/aromatic N) is 13. The van der Waals surface area contributed by atoms with Crippen molar-refractivity contribution in [2.75, 3.05) is 99.2 Å². The fourth-order valence-corrected chi connectivity index (χ4v) is 22.0. The van der Waals surface area contributed by atoms with Crippen molar-refractivity contribution in [2.45, 2.75) is 121 Å². The van der Waals surface area contributed by atoms with Gasteiger partial charge in [-0.05, 0) is 257 Å². The van der Waals surface area contributed by atoms with Crippen LogP contribution in [0.4, 0.5) is 39.2 Å². The van der Waals surface area contributed by atoms with Gasteiger partial charge < -0.3 is 57.2 Å². The van der Waals surface area contributed by atoms with Gasteiger partial charge in [0.25, 0.3) is 0 Å². The number of nitrogens with one attached hydrogen (secondary N) is 1. The zero-order chi connectivity index (χ0) is 103. The number of hydrogen-bond donors (Lipinski definition) is 5. The first-order chi connectivity index (χ1) is 72.5. The van der Waals surface area contributed by atoms with Gasteiger partial charge in [-0.15, -0.1) is 34.0 Å². The quantitative estimate of drug-likeness (QED) is 0.0215. The summed E-state index contributed by atoms with van der Waals surface area (Å²) in [6.07, 6.45) is 26.0. The molecule has 12 heterocycles. The second-order valence-electron chi connectivity index (χ2n) is 39.3. The summed E-state index contributed by atoms with van der Waals surface area (Å²) in [6.45, 7) is 9.02. The number of thiophene rings is 3. The summed E-state index contributed by atoms with van der Waals surface area (Å²) in [6, 6.07) is 84.3. The zero-order valence-electron chi connectivity index (χ0n) is 84.0. The molecule has 756 valence electrons. The number of piperidine rings is 4. The molecule has 2 amide bonds. The number of anilines is 6. The molecule has 0 saturated carbocycles. The van der Waals surface area contributed by atoms with Crippen molar-refractivity contribution in [1.29, 1.82) is 0 Å². The smallest absolute Gasteiger partial charge is 0.410 e. The highest BCUT2D eigenvalue weighted by atomic mass is 32.1. The van der Waals surface area contributed by atoms with Crippen LogP contribution in [0.2, 0.25) is 0 Å². The third-order valence-corrected chi connectivity index (χ3v) is 31.8. The van der Waals surface area contributed by atoms with E-state index >= 15 is 0 Å². The van der Waals surface area contributed by atoms with Gasteiger partial charge in [0.15, 0.2) is 23.1 Å². The second-order valence-corrected chi connectivity index (χ2v) is 42.1. The molecule has 9 N–H and O–H groups in total. The molecule has 17 aromatic rings. The Morgan fingerprint density at radius 1 is 0.403 bits per heavy atom. The Bertz CT molecular complexity index is 7370. The van der Waals surface area contributed by atoms with Gasteiger partial charge in [-0.3, -0.25) is 24.0 Å². The van der Waals surface area contributed by atoms with E-state index in [9.17, 15) is 28.8 Å². The molecule has 0 unspecified atom stereocenters. The van der Waals surface area contributed by atoms with Crippen molar-refractivity contribution >= 4 is 114 Å². The summed E-state index contributed by atoms with van der Waals surface area (Å²) >= 11 is 4.99. The molecular weight excluding hydrogens is 1910 g/mol. The van der Waals surface area contributed by atoms with Gasteiger partial charge >= 0.3 is 6.09 Å². The number of ether oxygens (including phenoxy) is 1.